The van der Waals surface area contributed by atoms with Crippen molar-refractivity contribution in [2.45, 2.75) is 52.1 Å². The lowest BCUT2D eigenvalue weighted by Gasteiger charge is -2.34. The number of fused-ring (bicyclic) bond motifs is 1. The van der Waals surface area contributed by atoms with Crippen LogP contribution in [0, 0.1) is 11.3 Å². The summed E-state index contributed by atoms with van der Waals surface area (Å²) in [5.41, 5.74) is 1.71. The predicted octanol–water partition coefficient (Wildman–Crippen LogP) is 2.81. The zero-order valence-corrected chi connectivity index (χ0v) is 14.9. The summed E-state index contributed by atoms with van der Waals surface area (Å²) < 4.78 is 2.15. The third kappa shape index (κ3) is 3.41. The molecule has 0 radical (unpaired) electrons. The fourth-order valence-corrected chi connectivity index (χ4v) is 3.32. The number of aromatic nitrogens is 3. The quantitative estimate of drug-likeness (QED) is 0.860. The molecule has 0 saturated carbocycles. The zero-order chi connectivity index (χ0) is 18.0. The Hall–Kier alpha value is -2.68. The molecule has 1 aromatic carbocycles. The van der Waals surface area contributed by atoms with Gasteiger partial charge in [-0.25, -0.2) is 0 Å². The Balaban J connectivity index is 1.65. The number of amides is 1. The second kappa shape index (κ2) is 7.06. The first-order valence-electron chi connectivity index (χ1n) is 8.72. The standard InChI is InChI=1S/C19H23N5O/c1-13(2)18-21-22-19-14(3)23(10-11-24(18)19)17(25)9-8-15-4-6-16(12-20)7-5-15/h4-7,13-14H,8-11H2,1-3H3. The number of hydrogen-bond donors (Lipinski definition) is 0. The Morgan fingerprint density at radius 3 is 2.64 bits per heavy atom. The summed E-state index contributed by atoms with van der Waals surface area (Å²) in [7, 11) is 0. The minimum atomic E-state index is -0.0535. The van der Waals surface area contributed by atoms with Gasteiger partial charge in [-0.1, -0.05) is 26.0 Å². The molecule has 1 amide bonds. The van der Waals surface area contributed by atoms with E-state index in [0.29, 0.717) is 30.9 Å². The van der Waals surface area contributed by atoms with Gasteiger partial charge in [-0.05, 0) is 31.0 Å². The number of aryl methyl sites for hydroxylation is 1. The van der Waals surface area contributed by atoms with Gasteiger partial charge in [0.15, 0.2) is 5.82 Å². The third-order valence-electron chi connectivity index (χ3n) is 4.76. The van der Waals surface area contributed by atoms with Gasteiger partial charge in [0, 0.05) is 25.4 Å². The number of hydrogen-bond acceptors (Lipinski definition) is 4. The van der Waals surface area contributed by atoms with Gasteiger partial charge in [0.1, 0.15) is 5.82 Å². The van der Waals surface area contributed by atoms with Crippen LogP contribution in [-0.2, 0) is 17.8 Å². The van der Waals surface area contributed by atoms with Gasteiger partial charge in [-0.3, -0.25) is 4.79 Å². The van der Waals surface area contributed by atoms with Crippen molar-refractivity contribution >= 4 is 5.91 Å². The molecule has 130 valence electrons. The number of nitriles is 1. The molecular weight excluding hydrogens is 314 g/mol. The zero-order valence-electron chi connectivity index (χ0n) is 14.9. The summed E-state index contributed by atoms with van der Waals surface area (Å²) >= 11 is 0. The van der Waals surface area contributed by atoms with E-state index in [2.05, 4.69) is 34.7 Å². The first-order chi connectivity index (χ1) is 12.0. The van der Waals surface area contributed by atoms with Gasteiger partial charge >= 0.3 is 0 Å². The van der Waals surface area contributed by atoms with Crippen LogP contribution in [0.1, 0.15) is 61.9 Å². The first kappa shape index (κ1) is 17.2. The van der Waals surface area contributed by atoms with E-state index >= 15 is 0 Å². The number of rotatable bonds is 4. The van der Waals surface area contributed by atoms with Crippen molar-refractivity contribution in [1.82, 2.24) is 19.7 Å². The Kier molecular flexibility index (Phi) is 4.84. The normalized spacial score (nSPS) is 16.6. The van der Waals surface area contributed by atoms with Crippen molar-refractivity contribution in [3.05, 3.63) is 47.0 Å². The van der Waals surface area contributed by atoms with Crippen molar-refractivity contribution in [1.29, 1.82) is 5.26 Å². The molecule has 1 unspecified atom stereocenters. The van der Waals surface area contributed by atoms with Crippen LogP contribution in [0.15, 0.2) is 24.3 Å². The van der Waals surface area contributed by atoms with Gasteiger partial charge in [0.2, 0.25) is 5.91 Å². The van der Waals surface area contributed by atoms with Gasteiger partial charge < -0.3 is 9.47 Å². The van der Waals surface area contributed by atoms with E-state index in [1.54, 1.807) is 12.1 Å². The second-order valence-corrected chi connectivity index (χ2v) is 6.79. The average molecular weight is 337 g/mol. The highest BCUT2D eigenvalue weighted by molar-refractivity contribution is 5.77. The molecule has 25 heavy (non-hydrogen) atoms. The average Bonchev–Trinajstić information content (AvgIpc) is 3.05. The van der Waals surface area contributed by atoms with Gasteiger partial charge in [-0.2, -0.15) is 5.26 Å². The molecule has 6 nitrogen and oxygen atoms in total. The summed E-state index contributed by atoms with van der Waals surface area (Å²) in [4.78, 5) is 14.6. The Morgan fingerprint density at radius 1 is 1.28 bits per heavy atom. The van der Waals surface area contributed by atoms with Crippen molar-refractivity contribution in [3.63, 3.8) is 0 Å². The minimum absolute atomic E-state index is 0.0535. The van der Waals surface area contributed by atoms with E-state index in [-0.39, 0.29) is 11.9 Å². The number of carbonyl (C=O) groups excluding carboxylic acids is 1. The lowest BCUT2D eigenvalue weighted by molar-refractivity contribution is -0.134. The maximum absolute atomic E-state index is 12.7. The molecule has 6 heteroatoms. The summed E-state index contributed by atoms with van der Waals surface area (Å²) in [6.45, 7) is 7.68. The van der Waals surface area contributed by atoms with Crippen LogP contribution in [-0.4, -0.2) is 32.1 Å². The molecule has 0 fully saturated rings. The molecule has 0 saturated heterocycles. The van der Waals surface area contributed by atoms with E-state index in [0.717, 1.165) is 23.8 Å². The van der Waals surface area contributed by atoms with E-state index in [9.17, 15) is 4.79 Å². The largest absolute Gasteiger partial charge is 0.331 e. The summed E-state index contributed by atoms with van der Waals surface area (Å²) in [5, 5.41) is 17.5. The highest BCUT2D eigenvalue weighted by atomic mass is 16.2. The highest BCUT2D eigenvalue weighted by Crippen LogP contribution is 2.27. The molecule has 2 heterocycles. The van der Waals surface area contributed by atoms with Crippen LogP contribution in [0.5, 0.6) is 0 Å². The second-order valence-electron chi connectivity index (χ2n) is 6.79. The van der Waals surface area contributed by atoms with Crippen molar-refractivity contribution in [2.24, 2.45) is 0 Å². The Morgan fingerprint density at radius 2 is 2.00 bits per heavy atom. The summed E-state index contributed by atoms with van der Waals surface area (Å²) in [6, 6.07) is 9.46. The van der Waals surface area contributed by atoms with E-state index in [1.165, 1.54) is 0 Å². The molecule has 3 rings (SSSR count). The van der Waals surface area contributed by atoms with E-state index in [4.69, 9.17) is 5.26 Å². The number of carbonyl (C=O) groups is 1. The van der Waals surface area contributed by atoms with Crippen LogP contribution in [0.2, 0.25) is 0 Å². The van der Waals surface area contributed by atoms with Crippen LogP contribution in [0.3, 0.4) is 0 Å². The predicted molar refractivity (Wildman–Crippen MR) is 93.7 cm³/mol. The van der Waals surface area contributed by atoms with Crippen LogP contribution in [0.4, 0.5) is 0 Å². The Bertz CT molecular complexity index is 800. The van der Waals surface area contributed by atoms with Crippen molar-refractivity contribution in [3.8, 4) is 6.07 Å². The van der Waals surface area contributed by atoms with Gasteiger partial charge in [0.05, 0.1) is 17.7 Å². The first-order valence-corrected chi connectivity index (χ1v) is 8.72. The highest BCUT2D eigenvalue weighted by Gasteiger charge is 2.31. The molecule has 1 aliphatic rings. The van der Waals surface area contributed by atoms with Crippen molar-refractivity contribution < 1.29 is 4.79 Å². The third-order valence-corrected chi connectivity index (χ3v) is 4.76. The smallest absolute Gasteiger partial charge is 0.223 e. The van der Waals surface area contributed by atoms with E-state index < -0.39 is 0 Å². The van der Waals surface area contributed by atoms with Crippen molar-refractivity contribution in [2.75, 3.05) is 6.54 Å². The van der Waals surface area contributed by atoms with Gasteiger partial charge in [-0.15, -0.1) is 10.2 Å². The Labute approximate surface area is 148 Å². The monoisotopic (exact) mass is 337 g/mol. The lowest BCUT2D eigenvalue weighted by Crippen LogP contribution is -2.41. The van der Waals surface area contributed by atoms with Crippen LogP contribution < -0.4 is 0 Å². The topological polar surface area (TPSA) is 74.8 Å². The minimum Gasteiger partial charge on any atom is -0.331 e. The maximum Gasteiger partial charge on any atom is 0.223 e. The fraction of sp³-hybridized carbons (Fsp3) is 0.474. The SMILES string of the molecule is CC(C)c1nnc2n1CCN(C(=O)CCc1ccc(C#N)cc1)C2C. The molecule has 1 aliphatic heterocycles. The molecule has 1 aromatic heterocycles. The van der Waals surface area contributed by atoms with Crippen LogP contribution >= 0.6 is 0 Å². The number of benzene rings is 1. The summed E-state index contributed by atoms with van der Waals surface area (Å²) in [6.07, 6.45) is 1.14. The lowest BCUT2D eigenvalue weighted by atomic mass is 10.1. The van der Waals surface area contributed by atoms with Crippen LogP contribution in [0.25, 0.3) is 0 Å². The van der Waals surface area contributed by atoms with Gasteiger partial charge in [0.25, 0.3) is 0 Å². The summed E-state index contributed by atoms with van der Waals surface area (Å²) in [5.74, 6) is 2.33. The molecule has 1 atom stereocenters. The molecule has 0 N–H and O–H groups in total. The fourth-order valence-electron chi connectivity index (χ4n) is 3.32. The molecule has 0 spiro atoms. The molecule has 0 aliphatic carbocycles. The molecule has 2 aromatic rings. The van der Waals surface area contributed by atoms with E-state index in [1.807, 2.05) is 24.0 Å². The number of nitrogens with zero attached hydrogens (tertiary/aromatic N) is 5. The molecular formula is C19H23N5O. The molecule has 0 bridgehead atoms. The maximum atomic E-state index is 12.7.